The molecule has 1 N–H and O–H groups in total. The van der Waals surface area contributed by atoms with E-state index < -0.39 is 11.9 Å². The van der Waals surface area contributed by atoms with Crippen molar-refractivity contribution in [1.82, 2.24) is 9.80 Å². The van der Waals surface area contributed by atoms with Crippen LogP contribution in [-0.2, 0) is 14.3 Å². The molecule has 98 valence electrons. The molecule has 1 fully saturated rings. The number of amides is 1. The molecule has 2 atom stereocenters. The molecular formula is C11H20N2O4. The minimum absolute atomic E-state index is 0.00830. The van der Waals surface area contributed by atoms with E-state index >= 15 is 0 Å². The average molecular weight is 244 g/mol. The molecule has 17 heavy (non-hydrogen) atoms. The molecule has 1 aliphatic rings. The molecular weight excluding hydrogens is 224 g/mol. The molecule has 0 aromatic carbocycles. The van der Waals surface area contributed by atoms with E-state index in [1.54, 1.807) is 23.9 Å². The maximum absolute atomic E-state index is 11.7. The summed E-state index contributed by atoms with van der Waals surface area (Å²) in [5, 5.41) is 9.02. The number of carboxylic acid groups (broad SMARTS) is 1. The lowest BCUT2D eigenvalue weighted by Crippen LogP contribution is -2.46. The van der Waals surface area contributed by atoms with Gasteiger partial charge in [0.2, 0.25) is 5.91 Å². The SMILES string of the molecule is CCN(C)C(=O)CN(C)C1COCC1C(=O)O. The van der Waals surface area contributed by atoms with Crippen molar-refractivity contribution < 1.29 is 19.4 Å². The Morgan fingerprint density at radius 2 is 2.00 bits per heavy atom. The van der Waals surface area contributed by atoms with Gasteiger partial charge in [-0.1, -0.05) is 0 Å². The second-order valence-corrected chi connectivity index (χ2v) is 4.37. The summed E-state index contributed by atoms with van der Waals surface area (Å²) in [6.07, 6.45) is 0. The second-order valence-electron chi connectivity index (χ2n) is 4.37. The van der Waals surface area contributed by atoms with Crippen LogP contribution in [0.25, 0.3) is 0 Å². The Morgan fingerprint density at radius 3 is 2.53 bits per heavy atom. The normalized spacial score (nSPS) is 24.0. The van der Waals surface area contributed by atoms with Gasteiger partial charge in [-0.05, 0) is 14.0 Å². The summed E-state index contributed by atoms with van der Waals surface area (Å²) in [5.74, 6) is -1.42. The Morgan fingerprint density at radius 1 is 1.35 bits per heavy atom. The highest BCUT2D eigenvalue weighted by molar-refractivity contribution is 5.78. The van der Waals surface area contributed by atoms with Gasteiger partial charge in [-0.2, -0.15) is 0 Å². The highest BCUT2D eigenvalue weighted by atomic mass is 16.5. The molecule has 0 spiro atoms. The molecule has 0 aliphatic carbocycles. The monoisotopic (exact) mass is 244 g/mol. The van der Waals surface area contributed by atoms with Crippen molar-refractivity contribution in [3.8, 4) is 0 Å². The molecule has 0 aromatic heterocycles. The zero-order chi connectivity index (χ0) is 13.0. The van der Waals surface area contributed by atoms with Crippen LogP contribution < -0.4 is 0 Å². The molecule has 6 nitrogen and oxygen atoms in total. The predicted molar refractivity (Wildman–Crippen MR) is 61.7 cm³/mol. The van der Waals surface area contributed by atoms with Crippen molar-refractivity contribution in [3.63, 3.8) is 0 Å². The Labute approximate surface area is 101 Å². The Kier molecular flexibility index (Phi) is 4.89. The molecule has 1 saturated heterocycles. The number of carboxylic acids is 1. The van der Waals surface area contributed by atoms with E-state index in [-0.39, 0.29) is 25.1 Å². The molecule has 0 bridgehead atoms. The summed E-state index contributed by atoms with van der Waals surface area (Å²) >= 11 is 0. The van der Waals surface area contributed by atoms with Crippen LogP contribution in [-0.4, -0.2) is 73.2 Å². The zero-order valence-corrected chi connectivity index (χ0v) is 10.5. The highest BCUT2D eigenvalue weighted by Gasteiger charge is 2.37. The average Bonchev–Trinajstić information content (AvgIpc) is 2.76. The van der Waals surface area contributed by atoms with Crippen LogP contribution >= 0.6 is 0 Å². The molecule has 0 saturated carbocycles. The maximum atomic E-state index is 11.7. The smallest absolute Gasteiger partial charge is 0.310 e. The minimum Gasteiger partial charge on any atom is -0.481 e. The third-order valence-electron chi connectivity index (χ3n) is 3.22. The Balaban J connectivity index is 2.55. The van der Waals surface area contributed by atoms with Crippen LogP contribution in [0.3, 0.4) is 0 Å². The maximum Gasteiger partial charge on any atom is 0.310 e. The summed E-state index contributed by atoms with van der Waals surface area (Å²) < 4.78 is 5.17. The number of hydrogen-bond acceptors (Lipinski definition) is 4. The van der Waals surface area contributed by atoms with Crippen LogP contribution in [0.5, 0.6) is 0 Å². The summed E-state index contributed by atoms with van der Waals surface area (Å²) in [4.78, 5) is 26.1. The fourth-order valence-corrected chi connectivity index (χ4v) is 1.84. The van der Waals surface area contributed by atoms with Crippen molar-refractivity contribution in [2.24, 2.45) is 5.92 Å². The van der Waals surface area contributed by atoms with Gasteiger partial charge in [0.05, 0.1) is 25.7 Å². The number of ether oxygens (including phenoxy) is 1. The zero-order valence-electron chi connectivity index (χ0n) is 10.5. The van der Waals surface area contributed by atoms with Crippen molar-refractivity contribution in [2.75, 3.05) is 40.4 Å². The molecule has 1 rings (SSSR count). The van der Waals surface area contributed by atoms with Crippen molar-refractivity contribution in [2.45, 2.75) is 13.0 Å². The molecule has 6 heteroatoms. The van der Waals surface area contributed by atoms with Gasteiger partial charge in [-0.15, -0.1) is 0 Å². The molecule has 2 unspecified atom stereocenters. The van der Waals surface area contributed by atoms with E-state index in [1.165, 1.54) is 0 Å². The first-order valence-electron chi connectivity index (χ1n) is 5.72. The van der Waals surface area contributed by atoms with Gasteiger partial charge in [0, 0.05) is 19.6 Å². The second kappa shape index (κ2) is 5.97. The number of aliphatic carboxylic acids is 1. The molecule has 0 radical (unpaired) electrons. The van der Waals surface area contributed by atoms with Crippen LogP contribution in [0, 0.1) is 5.92 Å². The summed E-state index contributed by atoms with van der Waals surface area (Å²) in [5.41, 5.74) is 0. The first kappa shape index (κ1) is 13.9. The van der Waals surface area contributed by atoms with Crippen LogP contribution in [0.15, 0.2) is 0 Å². The van der Waals surface area contributed by atoms with E-state index in [4.69, 9.17) is 9.84 Å². The van der Waals surface area contributed by atoms with E-state index in [9.17, 15) is 9.59 Å². The number of nitrogens with zero attached hydrogens (tertiary/aromatic N) is 2. The van der Waals surface area contributed by atoms with Gasteiger partial charge in [0.1, 0.15) is 0 Å². The summed E-state index contributed by atoms with van der Waals surface area (Å²) in [6.45, 7) is 3.37. The molecule has 1 amide bonds. The van der Waals surface area contributed by atoms with Gasteiger partial charge < -0.3 is 14.7 Å². The summed E-state index contributed by atoms with van der Waals surface area (Å²) in [6, 6.07) is -0.221. The van der Waals surface area contributed by atoms with Crippen LogP contribution in [0.4, 0.5) is 0 Å². The largest absolute Gasteiger partial charge is 0.481 e. The number of likely N-dealkylation sites (N-methyl/N-ethyl adjacent to an activating group) is 2. The number of rotatable bonds is 5. The number of hydrogen-bond donors (Lipinski definition) is 1. The predicted octanol–water partition coefficient (Wildman–Crippen LogP) is -0.504. The number of carbonyl (C=O) groups excluding carboxylic acids is 1. The van der Waals surface area contributed by atoms with Crippen molar-refractivity contribution >= 4 is 11.9 Å². The number of carbonyl (C=O) groups is 2. The van der Waals surface area contributed by atoms with E-state index in [1.807, 2.05) is 6.92 Å². The van der Waals surface area contributed by atoms with Crippen LogP contribution in [0.1, 0.15) is 6.92 Å². The first-order valence-corrected chi connectivity index (χ1v) is 5.72. The topological polar surface area (TPSA) is 70.1 Å². The lowest BCUT2D eigenvalue weighted by molar-refractivity contribution is -0.144. The van der Waals surface area contributed by atoms with E-state index in [0.29, 0.717) is 13.2 Å². The van der Waals surface area contributed by atoms with Gasteiger partial charge >= 0.3 is 5.97 Å². The summed E-state index contributed by atoms with van der Waals surface area (Å²) in [7, 11) is 3.49. The molecule has 0 aromatic rings. The standard InChI is InChI=1S/C11H20N2O4/c1-4-12(2)10(14)5-13(3)9-7-17-6-8(9)11(15)16/h8-9H,4-7H2,1-3H3,(H,15,16). The fraction of sp³-hybridized carbons (Fsp3) is 0.818. The Hall–Kier alpha value is -1.14. The van der Waals surface area contributed by atoms with Gasteiger partial charge in [-0.25, -0.2) is 0 Å². The van der Waals surface area contributed by atoms with Gasteiger partial charge in [0.15, 0.2) is 0 Å². The van der Waals surface area contributed by atoms with Crippen molar-refractivity contribution in [3.05, 3.63) is 0 Å². The molecule has 1 heterocycles. The van der Waals surface area contributed by atoms with Crippen LogP contribution in [0.2, 0.25) is 0 Å². The lowest BCUT2D eigenvalue weighted by atomic mass is 10.0. The van der Waals surface area contributed by atoms with E-state index in [2.05, 4.69) is 0 Å². The van der Waals surface area contributed by atoms with Gasteiger partial charge in [-0.3, -0.25) is 14.5 Å². The third-order valence-corrected chi connectivity index (χ3v) is 3.22. The quantitative estimate of drug-likeness (QED) is 0.706. The van der Waals surface area contributed by atoms with Crippen molar-refractivity contribution in [1.29, 1.82) is 0 Å². The molecule has 1 aliphatic heterocycles. The minimum atomic E-state index is -0.865. The highest BCUT2D eigenvalue weighted by Crippen LogP contribution is 2.18. The third kappa shape index (κ3) is 3.41. The van der Waals surface area contributed by atoms with E-state index in [0.717, 1.165) is 0 Å². The Bertz CT molecular complexity index is 295. The fourth-order valence-electron chi connectivity index (χ4n) is 1.84. The van der Waals surface area contributed by atoms with Gasteiger partial charge in [0.25, 0.3) is 0 Å². The first-order chi connectivity index (χ1) is 7.97. The lowest BCUT2D eigenvalue weighted by Gasteiger charge is -2.27.